The summed E-state index contributed by atoms with van der Waals surface area (Å²) >= 11 is 7.81. The van der Waals surface area contributed by atoms with Crippen LogP contribution in [0.2, 0.25) is 5.02 Å². The number of rotatable bonds is 4. The number of benzene rings is 1. The Labute approximate surface area is 133 Å². The van der Waals surface area contributed by atoms with Gasteiger partial charge in [0.2, 0.25) is 5.91 Å². The van der Waals surface area contributed by atoms with Gasteiger partial charge in [-0.25, -0.2) is 0 Å². The van der Waals surface area contributed by atoms with Crippen molar-refractivity contribution < 1.29 is 14.3 Å². The van der Waals surface area contributed by atoms with Crippen molar-refractivity contribution in [3.8, 4) is 0 Å². The van der Waals surface area contributed by atoms with Gasteiger partial charge >= 0.3 is 5.97 Å². The first-order chi connectivity index (χ1) is 9.93. The van der Waals surface area contributed by atoms with Crippen molar-refractivity contribution in [3.05, 3.63) is 28.8 Å². The molecule has 1 aromatic carbocycles. The molecule has 1 aliphatic heterocycles. The highest BCUT2D eigenvalue weighted by Crippen LogP contribution is 2.42. The molecule has 1 amide bonds. The van der Waals surface area contributed by atoms with E-state index in [9.17, 15) is 9.59 Å². The Morgan fingerprint density at radius 2 is 2.24 bits per heavy atom. The molecule has 0 spiro atoms. The summed E-state index contributed by atoms with van der Waals surface area (Å²) in [7, 11) is 5.18. The molecule has 5 nitrogen and oxygen atoms in total. The van der Waals surface area contributed by atoms with Crippen LogP contribution < -0.4 is 4.90 Å². The molecule has 7 heteroatoms. The lowest BCUT2D eigenvalue weighted by atomic mass is 10.1. The second-order valence-electron chi connectivity index (χ2n) is 4.86. The summed E-state index contributed by atoms with van der Waals surface area (Å²) in [5.74, 6) is -0.173. The van der Waals surface area contributed by atoms with Crippen LogP contribution in [0.3, 0.4) is 0 Å². The molecule has 21 heavy (non-hydrogen) atoms. The van der Waals surface area contributed by atoms with Gasteiger partial charge in [-0.15, -0.1) is 11.8 Å². The number of methoxy groups -OCH3 is 1. The average molecular weight is 329 g/mol. The molecule has 1 aliphatic rings. The second-order valence-corrected chi connectivity index (χ2v) is 6.34. The van der Waals surface area contributed by atoms with Gasteiger partial charge < -0.3 is 14.5 Å². The Morgan fingerprint density at radius 3 is 2.81 bits per heavy atom. The summed E-state index contributed by atoms with van der Waals surface area (Å²) in [6.45, 7) is -0.0568. The van der Waals surface area contributed by atoms with Gasteiger partial charge in [0.15, 0.2) is 0 Å². The molecule has 1 atom stereocenters. The van der Waals surface area contributed by atoms with E-state index in [0.717, 1.165) is 11.3 Å². The minimum atomic E-state index is -0.433. The molecular formula is C14H17ClN2O3S. The van der Waals surface area contributed by atoms with Crippen molar-refractivity contribution in [1.82, 2.24) is 4.90 Å². The number of halogens is 1. The monoisotopic (exact) mass is 328 g/mol. The Bertz CT molecular complexity index is 565. The standard InChI is InChI=1S/C14H17ClN2O3S/c1-16(2)9-4-5-10(11(15)6-9)14-17(7-13(19)20-3)12(18)8-21-14/h4-6,14H,7-8H2,1-3H3. The zero-order valence-electron chi connectivity index (χ0n) is 12.1. The van der Waals surface area contributed by atoms with Crippen molar-refractivity contribution in [3.63, 3.8) is 0 Å². The van der Waals surface area contributed by atoms with Gasteiger partial charge in [-0.05, 0) is 12.1 Å². The van der Waals surface area contributed by atoms with Crippen LogP contribution in [-0.4, -0.2) is 50.3 Å². The molecule has 1 heterocycles. The topological polar surface area (TPSA) is 49.9 Å². The van der Waals surface area contributed by atoms with Crippen LogP contribution in [0, 0.1) is 0 Å². The lowest BCUT2D eigenvalue weighted by Gasteiger charge is -2.24. The first-order valence-electron chi connectivity index (χ1n) is 6.38. The van der Waals surface area contributed by atoms with E-state index in [0.29, 0.717) is 10.8 Å². The zero-order valence-corrected chi connectivity index (χ0v) is 13.7. The van der Waals surface area contributed by atoms with Crippen LogP contribution in [0.5, 0.6) is 0 Å². The van der Waals surface area contributed by atoms with E-state index in [1.54, 1.807) is 0 Å². The van der Waals surface area contributed by atoms with E-state index in [1.165, 1.54) is 23.8 Å². The fourth-order valence-corrected chi connectivity index (χ4v) is 3.65. The smallest absolute Gasteiger partial charge is 0.325 e. The van der Waals surface area contributed by atoms with E-state index in [1.807, 2.05) is 37.2 Å². The summed E-state index contributed by atoms with van der Waals surface area (Å²) in [4.78, 5) is 26.9. The van der Waals surface area contributed by atoms with E-state index in [4.69, 9.17) is 11.6 Å². The number of ether oxygens (including phenoxy) is 1. The molecule has 1 saturated heterocycles. The lowest BCUT2D eigenvalue weighted by Crippen LogP contribution is -2.34. The van der Waals surface area contributed by atoms with Gasteiger partial charge in [0.05, 0.1) is 12.9 Å². The molecule has 1 fully saturated rings. The molecule has 2 rings (SSSR count). The second kappa shape index (κ2) is 6.58. The number of nitrogens with zero attached hydrogens (tertiary/aromatic N) is 2. The van der Waals surface area contributed by atoms with Crippen LogP contribution >= 0.6 is 23.4 Å². The van der Waals surface area contributed by atoms with Gasteiger partial charge in [0.25, 0.3) is 0 Å². The minimum absolute atomic E-state index is 0.0568. The van der Waals surface area contributed by atoms with Crippen LogP contribution in [0.4, 0.5) is 5.69 Å². The number of hydrogen-bond acceptors (Lipinski definition) is 5. The van der Waals surface area contributed by atoms with Gasteiger partial charge in [-0.3, -0.25) is 9.59 Å². The third-order valence-electron chi connectivity index (χ3n) is 3.26. The van der Waals surface area contributed by atoms with E-state index < -0.39 is 5.97 Å². The maximum atomic E-state index is 11.9. The third-order valence-corrected chi connectivity index (χ3v) is 4.83. The normalized spacial score (nSPS) is 18.0. The zero-order chi connectivity index (χ0) is 15.6. The number of anilines is 1. The van der Waals surface area contributed by atoms with Gasteiger partial charge in [-0.1, -0.05) is 17.7 Å². The van der Waals surface area contributed by atoms with Gasteiger partial charge in [0, 0.05) is 30.4 Å². The summed E-state index contributed by atoms with van der Waals surface area (Å²) in [5, 5.41) is 0.337. The summed E-state index contributed by atoms with van der Waals surface area (Å²) in [6, 6.07) is 5.70. The maximum absolute atomic E-state index is 11.9. The number of esters is 1. The Kier molecular flexibility index (Phi) is 5.00. The fraction of sp³-hybridized carbons (Fsp3) is 0.429. The minimum Gasteiger partial charge on any atom is -0.468 e. The van der Waals surface area contributed by atoms with Crippen LogP contribution in [0.15, 0.2) is 18.2 Å². The highest BCUT2D eigenvalue weighted by molar-refractivity contribution is 8.00. The molecule has 0 aromatic heterocycles. The first kappa shape index (κ1) is 16.0. The molecule has 0 saturated carbocycles. The summed E-state index contributed by atoms with van der Waals surface area (Å²) < 4.78 is 4.64. The third kappa shape index (κ3) is 3.44. The molecule has 1 aromatic rings. The van der Waals surface area contributed by atoms with Crippen molar-refractivity contribution >= 4 is 40.9 Å². The highest BCUT2D eigenvalue weighted by atomic mass is 35.5. The number of hydrogen-bond donors (Lipinski definition) is 0. The average Bonchev–Trinajstić information content (AvgIpc) is 2.80. The van der Waals surface area contributed by atoms with Crippen LogP contribution in [0.25, 0.3) is 0 Å². The fourth-order valence-electron chi connectivity index (χ4n) is 2.08. The molecule has 0 bridgehead atoms. The summed E-state index contributed by atoms with van der Waals surface area (Å²) in [6.07, 6.45) is 0. The van der Waals surface area contributed by atoms with Gasteiger partial charge in [-0.2, -0.15) is 0 Å². The van der Waals surface area contributed by atoms with Crippen LogP contribution in [0.1, 0.15) is 10.9 Å². The van der Waals surface area contributed by atoms with Crippen molar-refractivity contribution in [2.75, 3.05) is 38.4 Å². The predicted octanol–water partition coefficient (Wildman–Crippen LogP) is 2.15. The van der Waals surface area contributed by atoms with Crippen molar-refractivity contribution in [2.24, 2.45) is 0 Å². The number of carbonyl (C=O) groups is 2. The quantitative estimate of drug-likeness (QED) is 0.793. The van der Waals surface area contributed by atoms with Gasteiger partial charge in [0.1, 0.15) is 11.9 Å². The van der Waals surface area contributed by atoms with E-state index in [2.05, 4.69) is 4.74 Å². The Morgan fingerprint density at radius 1 is 1.52 bits per heavy atom. The van der Waals surface area contributed by atoms with E-state index in [-0.39, 0.29) is 17.8 Å². The molecule has 114 valence electrons. The first-order valence-corrected chi connectivity index (χ1v) is 7.81. The van der Waals surface area contributed by atoms with Crippen LogP contribution in [-0.2, 0) is 14.3 Å². The highest BCUT2D eigenvalue weighted by Gasteiger charge is 2.35. The molecular weight excluding hydrogens is 312 g/mol. The number of carbonyl (C=O) groups excluding carboxylic acids is 2. The molecule has 0 aliphatic carbocycles. The molecule has 1 unspecified atom stereocenters. The van der Waals surface area contributed by atoms with Crippen molar-refractivity contribution in [2.45, 2.75) is 5.37 Å². The predicted molar refractivity (Wildman–Crippen MR) is 84.7 cm³/mol. The lowest BCUT2D eigenvalue weighted by molar-refractivity contribution is -0.146. The Hall–Kier alpha value is -1.40. The SMILES string of the molecule is COC(=O)CN1C(=O)CSC1c1ccc(N(C)C)cc1Cl. The number of amides is 1. The maximum Gasteiger partial charge on any atom is 0.325 e. The Balaban J connectivity index is 2.27. The van der Waals surface area contributed by atoms with E-state index >= 15 is 0 Å². The van der Waals surface area contributed by atoms with Crippen molar-refractivity contribution in [1.29, 1.82) is 0 Å². The summed E-state index contributed by atoms with van der Waals surface area (Å²) in [5.41, 5.74) is 1.82. The molecule has 0 radical (unpaired) electrons. The number of thioether (sulfide) groups is 1. The largest absolute Gasteiger partial charge is 0.468 e. The molecule has 0 N–H and O–H groups in total.